The van der Waals surface area contributed by atoms with Crippen LogP contribution in [0.2, 0.25) is 5.02 Å². The summed E-state index contributed by atoms with van der Waals surface area (Å²) in [5.41, 5.74) is 3.51. The molecule has 1 amide bonds. The Bertz CT molecular complexity index is 689. The first-order valence-corrected chi connectivity index (χ1v) is 8.73. The fourth-order valence-corrected chi connectivity index (χ4v) is 2.61. The third-order valence-corrected chi connectivity index (χ3v) is 4.25. The van der Waals surface area contributed by atoms with Crippen LogP contribution in [-0.4, -0.2) is 12.5 Å². The van der Waals surface area contributed by atoms with Gasteiger partial charge in [-0.25, -0.2) is 0 Å². The van der Waals surface area contributed by atoms with Crippen molar-refractivity contribution in [1.29, 1.82) is 0 Å². The number of aryl methyl sites for hydroxylation is 1. The van der Waals surface area contributed by atoms with Gasteiger partial charge in [0.1, 0.15) is 0 Å². The first-order valence-electron chi connectivity index (χ1n) is 8.35. The number of hydrogen-bond acceptors (Lipinski definition) is 1. The van der Waals surface area contributed by atoms with Crippen molar-refractivity contribution >= 4 is 23.6 Å². The molecule has 0 heterocycles. The van der Waals surface area contributed by atoms with Gasteiger partial charge in [0.2, 0.25) is 5.91 Å². The predicted octanol–water partition coefficient (Wildman–Crippen LogP) is 5.23. The van der Waals surface area contributed by atoms with E-state index in [1.54, 1.807) is 6.08 Å². The number of carbonyl (C=O) groups excluding carboxylic acids is 1. The van der Waals surface area contributed by atoms with E-state index >= 15 is 0 Å². The zero-order valence-corrected chi connectivity index (χ0v) is 15.0. The molecule has 2 rings (SSSR count). The fraction of sp³-hybridized carbons (Fsp3) is 0.286. The van der Waals surface area contributed by atoms with Crippen LogP contribution in [0.15, 0.2) is 54.6 Å². The molecule has 1 N–H and O–H groups in total. The largest absolute Gasteiger partial charge is 0.353 e. The summed E-state index contributed by atoms with van der Waals surface area (Å²) in [6.07, 6.45) is 5.15. The second-order valence-electron chi connectivity index (χ2n) is 6.15. The smallest absolute Gasteiger partial charge is 0.244 e. The van der Waals surface area contributed by atoms with E-state index in [2.05, 4.69) is 43.4 Å². The Balaban J connectivity index is 1.72. The summed E-state index contributed by atoms with van der Waals surface area (Å²) >= 11 is 6.05. The van der Waals surface area contributed by atoms with E-state index in [-0.39, 0.29) is 5.91 Å². The quantitative estimate of drug-likeness (QED) is 0.542. The van der Waals surface area contributed by atoms with Gasteiger partial charge >= 0.3 is 0 Å². The van der Waals surface area contributed by atoms with Crippen LogP contribution in [-0.2, 0) is 11.2 Å². The van der Waals surface area contributed by atoms with E-state index in [0.29, 0.717) is 17.5 Å². The lowest BCUT2D eigenvalue weighted by molar-refractivity contribution is -0.116. The minimum atomic E-state index is -0.0925. The first-order chi connectivity index (χ1) is 11.6. The lowest BCUT2D eigenvalue weighted by atomic mass is 10.0. The number of carbonyl (C=O) groups is 1. The molecule has 0 aliphatic carbocycles. The summed E-state index contributed by atoms with van der Waals surface area (Å²) in [7, 11) is 0. The summed E-state index contributed by atoms with van der Waals surface area (Å²) in [5.74, 6) is 0.466. The first kappa shape index (κ1) is 18.3. The Labute approximate surface area is 149 Å². The van der Waals surface area contributed by atoms with E-state index in [1.807, 2.05) is 24.3 Å². The van der Waals surface area contributed by atoms with Crippen LogP contribution >= 0.6 is 11.6 Å². The van der Waals surface area contributed by atoms with Crippen molar-refractivity contribution in [3.05, 3.63) is 76.3 Å². The average Bonchev–Trinajstić information content (AvgIpc) is 2.58. The number of amides is 1. The number of benzene rings is 2. The molecule has 2 nitrogen and oxygen atoms in total. The molecular weight excluding hydrogens is 318 g/mol. The van der Waals surface area contributed by atoms with E-state index < -0.39 is 0 Å². The van der Waals surface area contributed by atoms with Crippen molar-refractivity contribution in [3.8, 4) is 0 Å². The molecule has 0 aliphatic heterocycles. The molecule has 3 heteroatoms. The van der Waals surface area contributed by atoms with Gasteiger partial charge in [0, 0.05) is 17.6 Å². The van der Waals surface area contributed by atoms with Crippen molar-refractivity contribution in [1.82, 2.24) is 5.32 Å². The van der Waals surface area contributed by atoms with E-state index in [9.17, 15) is 4.79 Å². The Morgan fingerprint density at radius 3 is 2.50 bits per heavy atom. The van der Waals surface area contributed by atoms with Gasteiger partial charge in [-0.15, -0.1) is 0 Å². The zero-order chi connectivity index (χ0) is 17.4. The molecule has 126 valence electrons. The van der Waals surface area contributed by atoms with Crippen molar-refractivity contribution < 1.29 is 4.79 Å². The third-order valence-electron chi connectivity index (χ3n) is 3.91. The van der Waals surface area contributed by atoms with Crippen LogP contribution in [0.5, 0.6) is 0 Å². The molecule has 2 aromatic carbocycles. The molecule has 0 bridgehead atoms. The minimum absolute atomic E-state index is 0.0925. The topological polar surface area (TPSA) is 29.1 Å². The average molecular weight is 342 g/mol. The number of rotatable bonds is 7. The molecule has 24 heavy (non-hydrogen) atoms. The Morgan fingerprint density at radius 1 is 1.12 bits per heavy atom. The molecule has 0 spiro atoms. The van der Waals surface area contributed by atoms with Crippen LogP contribution in [0.1, 0.15) is 42.9 Å². The molecule has 0 atom stereocenters. The van der Waals surface area contributed by atoms with Crippen molar-refractivity contribution in [2.75, 3.05) is 6.54 Å². The molecule has 0 radical (unpaired) electrons. The van der Waals surface area contributed by atoms with Gasteiger partial charge in [0.05, 0.1) is 0 Å². The molecule has 0 fully saturated rings. The van der Waals surface area contributed by atoms with Crippen LogP contribution < -0.4 is 5.32 Å². The monoisotopic (exact) mass is 341 g/mol. The van der Waals surface area contributed by atoms with Crippen LogP contribution in [0.25, 0.3) is 6.08 Å². The minimum Gasteiger partial charge on any atom is -0.353 e. The van der Waals surface area contributed by atoms with Crippen molar-refractivity contribution in [2.24, 2.45) is 0 Å². The standard InChI is InChI=1S/C21H24ClNO/c1-16(2)18-11-9-17(10-12-18)6-5-15-23-21(24)14-13-19-7-3-4-8-20(19)22/h3-4,7-14,16H,5-6,15H2,1-2H3,(H,23,24)/b14-13+. The summed E-state index contributed by atoms with van der Waals surface area (Å²) < 4.78 is 0. The van der Waals surface area contributed by atoms with E-state index in [0.717, 1.165) is 18.4 Å². The highest BCUT2D eigenvalue weighted by molar-refractivity contribution is 6.32. The molecular formula is C21H24ClNO. The van der Waals surface area contributed by atoms with Crippen LogP contribution in [0, 0.1) is 0 Å². The van der Waals surface area contributed by atoms with Gasteiger partial charge in [-0.05, 0) is 47.6 Å². The molecule has 2 aromatic rings. The molecule has 0 saturated carbocycles. The number of hydrogen-bond donors (Lipinski definition) is 1. The van der Waals surface area contributed by atoms with E-state index in [4.69, 9.17) is 11.6 Å². The normalized spacial score (nSPS) is 11.2. The van der Waals surface area contributed by atoms with Crippen molar-refractivity contribution in [3.63, 3.8) is 0 Å². The maximum atomic E-state index is 11.8. The molecule has 0 aliphatic rings. The zero-order valence-electron chi connectivity index (χ0n) is 14.3. The lowest BCUT2D eigenvalue weighted by Gasteiger charge is -2.07. The predicted molar refractivity (Wildman–Crippen MR) is 102 cm³/mol. The second kappa shape index (κ2) is 9.29. The molecule has 0 unspecified atom stereocenters. The maximum absolute atomic E-state index is 11.8. The Hall–Kier alpha value is -2.06. The van der Waals surface area contributed by atoms with Crippen LogP contribution in [0.3, 0.4) is 0 Å². The maximum Gasteiger partial charge on any atom is 0.244 e. The van der Waals surface area contributed by atoms with Crippen molar-refractivity contribution in [2.45, 2.75) is 32.6 Å². The second-order valence-corrected chi connectivity index (χ2v) is 6.55. The summed E-state index contributed by atoms with van der Waals surface area (Å²) in [5, 5.41) is 3.55. The third kappa shape index (κ3) is 5.86. The summed E-state index contributed by atoms with van der Waals surface area (Å²) in [4.78, 5) is 11.8. The van der Waals surface area contributed by atoms with Gasteiger partial charge in [-0.3, -0.25) is 4.79 Å². The van der Waals surface area contributed by atoms with Gasteiger partial charge in [-0.2, -0.15) is 0 Å². The van der Waals surface area contributed by atoms with Gasteiger partial charge < -0.3 is 5.32 Å². The Kier molecular flexibility index (Phi) is 7.07. The lowest BCUT2D eigenvalue weighted by Crippen LogP contribution is -2.22. The van der Waals surface area contributed by atoms with E-state index in [1.165, 1.54) is 17.2 Å². The molecule has 0 saturated heterocycles. The highest BCUT2D eigenvalue weighted by Crippen LogP contribution is 2.16. The fourth-order valence-electron chi connectivity index (χ4n) is 2.41. The highest BCUT2D eigenvalue weighted by atomic mass is 35.5. The van der Waals surface area contributed by atoms with Gasteiger partial charge in [0.15, 0.2) is 0 Å². The SMILES string of the molecule is CC(C)c1ccc(CCCNC(=O)/C=C/c2ccccc2Cl)cc1. The summed E-state index contributed by atoms with van der Waals surface area (Å²) in [6, 6.07) is 16.2. The van der Waals surface area contributed by atoms with Crippen LogP contribution in [0.4, 0.5) is 0 Å². The highest BCUT2D eigenvalue weighted by Gasteiger charge is 2.00. The van der Waals surface area contributed by atoms with Gasteiger partial charge in [-0.1, -0.05) is 67.9 Å². The van der Waals surface area contributed by atoms with Gasteiger partial charge in [0.25, 0.3) is 0 Å². The Morgan fingerprint density at radius 2 is 1.83 bits per heavy atom. The number of halogens is 1. The molecule has 0 aromatic heterocycles. The number of nitrogens with one attached hydrogen (secondary N) is 1. The summed E-state index contributed by atoms with van der Waals surface area (Å²) in [6.45, 7) is 5.05.